The number of nitrogen functional groups attached to an aromatic ring is 1. The molecule has 0 aromatic carbocycles. The Kier molecular flexibility index (Phi) is 3.31. The first-order chi connectivity index (χ1) is 6.15. The monoisotopic (exact) mass is 183 g/mol. The van der Waals surface area contributed by atoms with Gasteiger partial charge < -0.3 is 15.0 Å². The van der Waals surface area contributed by atoms with Crippen LogP contribution < -0.4 is 5.73 Å². The second-order valence-electron chi connectivity index (χ2n) is 3.21. The Bertz CT molecular complexity index is 268. The smallest absolute Gasteiger partial charge is 0.200 e. The molecule has 1 aromatic rings. The van der Waals surface area contributed by atoms with E-state index in [9.17, 15) is 0 Å². The molecule has 0 radical (unpaired) electrons. The second kappa shape index (κ2) is 4.28. The van der Waals surface area contributed by atoms with Crippen LogP contribution in [0.5, 0.6) is 0 Å². The number of nitrogens with zero attached hydrogens (tertiary/aromatic N) is 2. The van der Waals surface area contributed by atoms with Crippen LogP contribution in [-0.2, 0) is 17.9 Å². The molecule has 0 unspecified atom stereocenters. The molecule has 2 N–H and O–H groups in total. The van der Waals surface area contributed by atoms with E-state index in [-0.39, 0.29) is 6.10 Å². The molecule has 1 heterocycles. The average molecular weight is 183 g/mol. The quantitative estimate of drug-likeness (QED) is 0.767. The Labute approximate surface area is 78.7 Å². The summed E-state index contributed by atoms with van der Waals surface area (Å²) >= 11 is 0. The predicted octanol–water partition coefficient (Wildman–Crippen LogP) is 1.41. The van der Waals surface area contributed by atoms with Crippen LogP contribution in [0.4, 0.5) is 5.95 Å². The van der Waals surface area contributed by atoms with E-state index in [1.807, 2.05) is 25.3 Å². The largest absolute Gasteiger partial charge is 0.373 e. The first-order valence-corrected chi connectivity index (χ1v) is 4.56. The van der Waals surface area contributed by atoms with Gasteiger partial charge in [0.2, 0.25) is 0 Å². The molecule has 1 aromatic heterocycles. The number of nitrogens with two attached hydrogens (primary N) is 1. The van der Waals surface area contributed by atoms with Crippen LogP contribution in [0, 0.1) is 0 Å². The van der Waals surface area contributed by atoms with Crippen molar-refractivity contribution < 1.29 is 4.74 Å². The molecule has 0 aliphatic heterocycles. The molecule has 1 rings (SSSR count). The van der Waals surface area contributed by atoms with Crippen LogP contribution in [0.1, 0.15) is 26.5 Å². The Morgan fingerprint density at radius 3 is 2.85 bits per heavy atom. The van der Waals surface area contributed by atoms with Gasteiger partial charge in [-0.05, 0) is 20.8 Å². The number of anilines is 1. The highest BCUT2D eigenvalue weighted by molar-refractivity contribution is 5.22. The van der Waals surface area contributed by atoms with Gasteiger partial charge in [-0.15, -0.1) is 0 Å². The zero-order valence-corrected chi connectivity index (χ0v) is 8.45. The number of hydrogen-bond acceptors (Lipinski definition) is 3. The molecule has 4 nitrogen and oxygen atoms in total. The Hall–Kier alpha value is -1.03. The minimum absolute atomic E-state index is 0.237. The van der Waals surface area contributed by atoms with Gasteiger partial charge in [-0.3, -0.25) is 0 Å². The maximum absolute atomic E-state index is 5.65. The lowest BCUT2D eigenvalue weighted by Gasteiger charge is -2.09. The normalized spacial score (nSPS) is 11.1. The topological polar surface area (TPSA) is 53.1 Å². The lowest BCUT2D eigenvalue weighted by Crippen LogP contribution is -2.09. The molecule has 0 aliphatic carbocycles. The Morgan fingerprint density at radius 2 is 2.31 bits per heavy atom. The van der Waals surface area contributed by atoms with Crippen LogP contribution in [0.2, 0.25) is 0 Å². The van der Waals surface area contributed by atoms with Gasteiger partial charge in [-0.1, -0.05) is 0 Å². The van der Waals surface area contributed by atoms with Gasteiger partial charge in [0.25, 0.3) is 0 Å². The molecule has 0 spiro atoms. The van der Waals surface area contributed by atoms with Crippen LogP contribution in [0.25, 0.3) is 0 Å². The van der Waals surface area contributed by atoms with Crippen molar-refractivity contribution in [1.29, 1.82) is 0 Å². The first kappa shape index (κ1) is 10.1. The number of imidazole rings is 1. The minimum atomic E-state index is 0.237. The summed E-state index contributed by atoms with van der Waals surface area (Å²) in [5.74, 6) is 0.560. The van der Waals surface area contributed by atoms with Crippen molar-refractivity contribution in [3.8, 4) is 0 Å². The highest BCUT2D eigenvalue weighted by atomic mass is 16.5. The molecule has 13 heavy (non-hydrogen) atoms. The van der Waals surface area contributed by atoms with Gasteiger partial charge in [0.05, 0.1) is 24.6 Å². The highest BCUT2D eigenvalue weighted by Crippen LogP contribution is 2.09. The summed E-state index contributed by atoms with van der Waals surface area (Å²) in [7, 11) is 0. The first-order valence-electron chi connectivity index (χ1n) is 4.56. The summed E-state index contributed by atoms with van der Waals surface area (Å²) in [6.07, 6.45) is 2.00. The zero-order chi connectivity index (χ0) is 9.84. The minimum Gasteiger partial charge on any atom is -0.373 e. The van der Waals surface area contributed by atoms with Crippen molar-refractivity contribution in [2.45, 2.75) is 40.0 Å². The summed E-state index contributed by atoms with van der Waals surface area (Å²) < 4.78 is 7.41. The van der Waals surface area contributed by atoms with Crippen LogP contribution in [0.3, 0.4) is 0 Å². The van der Waals surface area contributed by atoms with Crippen molar-refractivity contribution in [2.24, 2.45) is 0 Å². The van der Waals surface area contributed by atoms with E-state index in [0.29, 0.717) is 12.6 Å². The lowest BCUT2D eigenvalue weighted by molar-refractivity contribution is 0.0619. The van der Waals surface area contributed by atoms with Gasteiger partial charge in [-0.25, -0.2) is 4.98 Å². The summed E-state index contributed by atoms with van der Waals surface area (Å²) in [5, 5.41) is 0. The maximum atomic E-state index is 5.65. The third-order valence-electron chi connectivity index (χ3n) is 1.85. The maximum Gasteiger partial charge on any atom is 0.200 e. The Balaban J connectivity index is 2.65. The van der Waals surface area contributed by atoms with Gasteiger partial charge in [0.1, 0.15) is 0 Å². The standard InChI is InChI=1S/C9H17N3O/c1-4-12-8(5-11-9(12)10)6-13-7(2)3/h5,7H,4,6H2,1-3H3,(H2,10,11). The number of ether oxygens (including phenoxy) is 1. The van der Waals surface area contributed by atoms with E-state index in [0.717, 1.165) is 12.2 Å². The van der Waals surface area contributed by atoms with E-state index in [4.69, 9.17) is 10.5 Å². The van der Waals surface area contributed by atoms with E-state index in [1.165, 1.54) is 0 Å². The number of aromatic nitrogens is 2. The van der Waals surface area contributed by atoms with Gasteiger partial charge in [-0.2, -0.15) is 0 Å². The molecule has 0 saturated carbocycles. The zero-order valence-electron chi connectivity index (χ0n) is 8.45. The summed E-state index contributed by atoms with van der Waals surface area (Å²) in [6.45, 7) is 7.47. The number of rotatable bonds is 4. The molecule has 0 bridgehead atoms. The van der Waals surface area contributed by atoms with Crippen molar-refractivity contribution >= 4 is 5.95 Å². The van der Waals surface area contributed by atoms with Gasteiger partial charge in [0.15, 0.2) is 5.95 Å². The fourth-order valence-corrected chi connectivity index (χ4v) is 1.16. The molecular formula is C9H17N3O. The second-order valence-corrected chi connectivity index (χ2v) is 3.21. The molecule has 0 amide bonds. The fraction of sp³-hybridized carbons (Fsp3) is 0.667. The molecule has 0 fully saturated rings. The van der Waals surface area contributed by atoms with Crippen molar-refractivity contribution in [3.63, 3.8) is 0 Å². The predicted molar refractivity (Wildman–Crippen MR) is 52.2 cm³/mol. The van der Waals surface area contributed by atoms with Gasteiger partial charge >= 0.3 is 0 Å². The van der Waals surface area contributed by atoms with Crippen molar-refractivity contribution in [1.82, 2.24) is 9.55 Å². The van der Waals surface area contributed by atoms with Crippen molar-refractivity contribution in [3.05, 3.63) is 11.9 Å². The van der Waals surface area contributed by atoms with E-state index >= 15 is 0 Å². The molecule has 0 atom stereocenters. The SMILES string of the molecule is CCn1c(COC(C)C)cnc1N. The summed E-state index contributed by atoms with van der Waals surface area (Å²) in [6, 6.07) is 0. The van der Waals surface area contributed by atoms with Crippen LogP contribution in [-0.4, -0.2) is 15.7 Å². The summed E-state index contributed by atoms with van der Waals surface area (Å²) in [5.41, 5.74) is 6.69. The van der Waals surface area contributed by atoms with Crippen LogP contribution >= 0.6 is 0 Å². The third-order valence-corrected chi connectivity index (χ3v) is 1.85. The summed E-state index contributed by atoms with van der Waals surface area (Å²) in [4.78, 5) is 4.03. The molecular weight excluding hydrogens is 166 g/mol. The van der Waals surface area contributed by atoms with Crippen LogP contribution in [0.15, 0.2) is 6.20 Å². The third kappa shape index (κ3) is 2.45. The Morgan fingerprint density at radius 1 is 1.62 bits per heavy atom. The highest BCUT2D eigenvalue weighted by Gasteiger charge is 2.05. The lowest BCUT2D eigenvalue weighted by atomic mass is 10.4. The van der Waals surface area contributed by atoms with Crippen molar-refractivity contribution in [2.75, 3.05) is 5.73 Å². The molecule has 0 aliphatic rings. The van der Waals surface area contributed by atoms with Gasteiger partial charge in [0, 0.05) is 6.54 Å². The molecule has 4 heteroatoms. The fourth-order valence-electron chi connectivity index (χ4n) is 1.16. The number of hydrogen-bond donors (Lipinski definition) is 1. The average Bonchev–Trinajstić information content (AvgIpc) is 2.42. The van der Waals surface area contributed by atoms with E-state index in [1.54, 1.807) is 6.20 Å². The van der Waals surface area contributed by atoms with E-state index in [2.05, 4.69) is 4.98 Å². The van der Waals surface area contributed by atoms with E-state index < -0.39 is 0 Å². The molecule has 0 saturated heterocycles. The molecule has 74 valence electrons.